The SMILES string of the molecule is Cc1cccn2c(=O)cc(CN3CCc4c(O)cccc43)nc12. The van der Waals surface area contributed by atoms with Gasteiger partial charge in [0.1, 0.15) is 11.4 Å². The maximum absolute atomic E-state index is 12.3. The molecule has 23 heavy (non-hydrogen) atoms. The van der Waals surface area contributed by atoms with Crippen molar-refractivity contribution >= 4 is 11.3 Å². The molecular weight excluding hydrogens is 290 g/mol. The molecule has 0 saturated carbocycles. The molecule has 116 valence electrons. The maximum Gasteiger partial charge on any atom is 0.258 e. The van der Waals surface area contributed by atoms with Crippen molar-refractivity contribution in [2.24, 2.45) is 0 Å². The Morgan fingerprint density at radius 1 is 1.26 bits per heavy atom. The van der Waals surface area contributed by atoms with Crippen molar-refractivity contribution < 1.29 is 5.11 Å². The molecule has 0 unspecified atom stereocenters. The van der Waals surface area contributed by atoms with Gasteiger partial charge < -0.3 is 10.0 Å². The van der Waals surface area contributed by atoms with E-state index in [0.717, 1.165) is 35.5 Å². The molecule has 4 rings (SSSR count). The molecule has 0 atom stereocenters. The van der Waals surface area contributed by atoms with Crippen LogP contribution < -0.4 is 10.5 Å². The van der Waals surface area contributed by atoms with Crippen molar-refractivity contribution in [3.63, 3.8) is 0 Å². The van der Waals surface area contributed by atoms with Crippen LogP contribution in [-0.4, -0.2) is 21.0 Å². The lowest BCUT2D eigenvalue weighted by atomic mass is 10.1. The van der Waals surface area contributed by atoms with E-state index in [9.17, 15) is 9.90 Å². The van der Waals surface area contributed by atoms with Crippen LogP contribution in [0.1, 0.15) is 16.8 Å². The lowest BCUT2D eigenvalue weighted by molar-refractivity contribution is 0.470. The van der Waals surface area contributed by atoms with E-state index in [0.29, 0.717) is 17.9 Å². The van der Waals surface area contributed by atoms with E-state index in [1.807, 2.05) is 31.2 Å². The Morgan fingerprint density at radius 2 is 2.13 bits per heavy atom. The number of nitrogens with zero attached hydrogens (tertiary/aromatic N) is 3. The Labute approximate surface area is 133 Å². The van der Waals surface area contributed by atoms with Crippen LogP contribution in [-0.2, 0) is 13.0 Å². The van der Waals surface area contributed by atoms with Gasteiger partial charge in [0.05, 0.1) is 12.2 Å². The summed E-state index contributed by atoms with van der Waals surface area (Å²) in [5.74, 6) is 0.340. The molecule has 0 aliphatic carbocycles. The fourth-order valence-corrected chi connectivity index (χ4v) is 3.23. The Bertz CT molecular complexity index is 962. The molecule has 0 bridgehead atoms. The zero-order valence-electron chi connectivity index (χ0n) is 12.9. The summed E-state index contributed by atoms with van der Waals surface area (Å²) in [6.07, 6.45) is 2.55. The Hall–Kier alpha value is -2.82. The minimum atomic E-state index is -0.0657. The molecule has 0 radical (unpaired) electrons. The first-order valence-corrected chi connectivity index (χ1v) is 7.67. The predicted octanol–water partition coefficient (Wildman–Crippen LogP) is 2.27. The van der Waals surface area contributed by atoms with Crippen molar-refractivity contribution in [3.05, 3.63) is 69.8 Å². The average Bonchev–Trinajstić information content (AvgIpc) is 2.93. The van der Waals surface area contributed by atoms with E-state index in [4.69, 9.17) is 0 Å². The summed E-state index contributed by atoms with van der Waals surface area (Å²) in [6, 6.07) is 11.0. The monoisotopic (exact) mass is 307 g/mol. The van der Waals surface area contributed by atoms with E-state index in [2.05, 4.69) is 9.88 Å². The topological polar surface area (TPSA) is 57.8 Å². The van der Waals surface area contributed by atoms with Gasteiger partial charge in [0.15, 0.2) is 0 Å². The summed E-state index contributed by atoms with van der Waals surface area (Å²) >= 11 is 0. The van der Waals surface area contributed by atoms with Crippen molar-refractivity contribution in [1.82, 2.24) is 9.38 Å². The molecule has 5 heteroatoms. The molecule has 0 saturated heterocycles. The first-order valence-electron chi connectivity index (χ1n) is 7.67. The second-order valence-corrected chi connectivity index (χ2v) is 5.92. The third kappa shape index (κ3) is 2.25. The van der Waals surface area contributed by atoms with Gasteiger partial charge in [-0.2, -0.15) is 0 Å². The van der Waals surface area contributed by atoms with Gasteiger partial charge in [-0.1, -0.05) is 12.1 Å². The van der Waals surface area contributed by atoms with Gasteiger partial charge in [-0.25, -0.2) is 4.98 Å². The van der Waals surface area contributed by atoms with Crippen LogP contribution in [0.5, 0.6) is 5.75 Å². The number of hydrogen-bond acceptors (Lipinski definition) is 4. The number of aromatic hydroxyl groups is 1. The van der Waals surface area contributed by atoms with Gasteiger partial charge in [-0.05, 0) is 37.1 Å². The number of phenols is 1. The molecule has 2 aromatic heterocycles. The smallest absolute Gasteiger partial charge is 0.258 e. The summed E-state index contributed by atoms with van der Waals surface area (Å²) in [6.45, 7) is 3.34. The number of anilines is 1. The number of phenolic OH excluding ortho intramolecular Hbond substituents is 1. The number of rotatable bonds is 2. The molecule has 1 N–H and O–H groups in total. The fraction of sp³-hybridized carbons (Fsp3) is 0.222. The third-order valence-electron chi connectivity index (χ3n) is 4.39. The molecule has 1 aliphatic rings. The number of aryl methyl sites for hydroxylation is 1. The second-order valence-electron chi connectivity index (χ2n) is 5.92. The maximum atomic E-state index is 12.3. The van der Waals surface area contributed by atoms with Gasteiger partial charge in [0.25, 0.3) is 5.56 Å². The molecule has 1 aromatic carbocycles. The van der Waals surface area contributed by atoms with Crippen LogP contribution in [0.3, 0.4) is 0 Å². The van der Waals surface area contributed by atoms with Crippen LogP contribution in [0, 0.1) is 6.92 Å². The molecule has 0 fully saturated rings. The van der Waals surface area contributed by atoms with Crippen LogP contribution in [0.2, 0.25) is 0 Å². The van der Waals surface area contributed by atoms with E-state index in [-0.39, 0.29) is 5.56 Å². The van der Waals surface area contributed by atoms with E-state index < -0.39 is 0 Å². The van der Waals surface area contributed by atoms with E-state index >= 15 is 0 Å². The Balaban J connectivity index is 1.74. The Kier molecular flexibility index (Phi) is 3.08. The molecule has 3 heterocycles. The van der Waals surface area contributed by atoms with Gasteiger partial charge in [-0.3, -0.25) is 9.20 Å². The lowest BCUT2D eigenvalue weighted by Gasteiger charge is -2.19. The second kappa shape index (κ2) is 5.12. The minimum Gasteiger partial charge on any atom is -0.508 e. The highest BCUT2D eigenvalue weighted by atomic mass is 16.3. The number of hydrogen-bond donors (Lipinski definition) is 1. The van der Waals surface area contributed by atoms with Crippen LogP contribution in [0.15, 0.2) is 47.4 Å². The molecule has 5 nitrogen and oxygen atoms in total. The fourth-order valence-electron chi connectivity index (χ4n) is 3.23. The van der Waals surface area contributed by atoms with Gasteiger partial charge >= 0.3 is 0 Å². The molecule has 1 aliphatic heterocycles. The van der Waals surface area contributed by atoms with E-state index in [1.165, 1.54) is 0 Å². The largest absolute Gasteiger partial charge is 0.508 e. The summed E-state index contributed by atoms with van der Waals surface area (Å²) < 4.78 is 1.57. The Morgan fingerprint density at radius 3 is 3.00 bits per heavy atom. The molecular formula is C18H17N3O2. The molecule has 3 aromatic rings. The number of aromatic nitrogens is 2. The zero-order valence-corrected chi connectivity index (χ0v) is 12.9. The number of pyridine rings is 1. The van der Waals surface area contributed by atoms with Crippen molar-refractivity contribution in [2.75, 3.05) is 11.4 Å². The summed E-state index contributed by atoms with van der Waals surface area (Å²) in [5, 5.41) is 9.94. The zero-order chi connectivity index (χ0) is 16.0. The number of fused-ring (bicyclic) bond motifs is 2. The van der Waals surface area contributed by atoms with E-state index in [1.54, 1.807) is 22.7 Å². The average molecular weight is 307 g/mol. The van der Waals surface area contributed by atoms with Crippen LogP contribution in [0.25, 0.3) is 5.65 Å². The van der Waals surface area contributed by atoms with Crippen molar-refractivity contribution in [3.8, 4) is 5.75 Å². The quantitative estimate of drug-likeness (QED) is 0.789. The third-order valence-corrected chi connectivity index (χ3v) is 4.39. The standard InChI is InChI=1S/C18H17N3O2/c1-12-4-3-8-21-17(23)10-13(19-18(12)21)11-20-9-7-14-15(20)5-2-6-16(14)22/h2-6,8,10,22H,7,9,11H2,1H3. The molecule has 0 spiro atoms. The van der Waals surface area contributed by atoms with Gasteiger partial charge in [0, 0.05) is 30.1 Å². The summed E-state index contributed by atoms with van der Waals surface area (Å²) in [7, 11) is 0. The van der Waals surface area contributed by atoms with Crippen LogP contribution in [0.4, 0.5) is 5.69 Å². The van der Waals surface area contributed by atoms with Crippen LogP contribution >= 0.6 is 0 Å². The van der Waals surface area contributed by atoms with Crippen molar-refractivity contribution in [2.45, 2.75) is 19.9 Å². The first kappa shape index (κ1) is 13.8. The first-order chi connectivity index (χ1) is 11.1. The highest BCUT2D eigenvalue weighted by molar-refractivity contribution is 5.63. The van der Waals surface area contributed by atoms with Gasteiger partial charge in [0.2, 0.25) is 0 Å². The predicted molar refractivity (Wildman–Crippen MR) is 89.1 cm³/mol. The highest BCUT2D eigenvalue weighted by Crippen LogP contribution is 2.34. The molecule has 0 amide bonds. The van der Waals surface area contributed by atoms with Gasteiger partial charge in [-0.15, -0.1) is 0 Å². The van der Waals surface area contributed by atoms with Crippen molar-refractivity contribution in [1.29, 1.82) is 0 Å². The normalized spacial score (nSPS) is 13.5. The minimum absolute atomic E-state index is 0.0657. The highest BCUT2D eigenvalue weighted by Gasteiger charge is 2.22. The summed E-state index contributed by atoms with van der Waals surface area (Å²) in [5.41, 5.74) is 4.36. The summed E-state index contributed by atoms with van der Waals surface area (Å²) in [4.78, 5) is 19.1. The number of benzene rings is 1. The lowest BCUT2D eigenvalue weighted by Crippen LogP contribution is -2.23.